The van der Waals surface area contributed by atoms with Gasteiger partial charge in [-0.25, -0.2) is 0 Å². The molecule has 1 fully saturated rings. The fourth-order valence-corrected chi connectivity index (χ4v) is 3.72. The molecule has 1 saturated heterocycles. The molecule has 0 unspecified atom stereocenters. The quantitative estimate of drug-likeness (QED) is 0.556. The van der Waals surface area contributed by atoms with E-state index in [-0.39, 0.29) is 22.6 Å². The van der Waals surface area contributed by atoms with Gasteiger partial charge in [-0.15, -0.1) is 0 Å². The fraction of sp³-hybridized carbons (Fsp3) is 0.238. The van der Waals surface area contributed by atoms with Gasteiger partial charge in [0, 0.05) is 54.2 Å². The number of fused-ring (bicyclic) bond motifs is 1. The number of nitrogens with zero attached hydrogens (tertiary/aromatic N) is 3. The number of nitro groups is 1. The molecule has 2 aromatic carbocycles. The van der Waals surface area contributed by atoms with E-state index in [0.29, 0.717) is 10.9 Å². The van der Waals surface area contributed by atoms with Crippen LogP contribution in [0.3, 0.4) is 0 Å². The Morgan fingerprint density at radius 3 is 2.54 bits per heavy atom. The third kappa shape index (κ3) is 3.51. The Balaban J connectivity index is 1.48. The van der Waals surface area contributed by atoms with E-state index in [9.17, 15) is 14.9 Å². The summed E-state index contributed by atoms with van der Waals surface area (Å²) in [4.78, 5) is 29.5. The van der Waals surface area contributed by atoms with Crippen molar-refractivity contribution in [2.24, 2.45) is 0 Å². The highest BCUT2D eigenvalue weighted by atomic mass is 16.6. The number of non-ortho nitro benzene ring substituents is 1. The summed E-state index contributed by atoms with van der Waals surface area (Å²) in [6.07, 6.45) is 4.84. The third-order valence-corrected chi connectivity index (χ3v) is 5.18. The van der Waals surface area contributed by atoms with Crippen LogP contribution in [0.4, 0.5) is 11.4 Å². The minimum atomic E-state index is -0.376. The molecule has 0 radical (unpaired) electrons. The van der Waals surface area contributed by atoms with Crippen molar-refractivity contribution in [3.05, 3.63) is 76.6 Å². The molecular weight excluding hydrogens is 356 g/mol. The Bertz CT molecular complexity index is 1010. The Morgan fingerprint density at radius 1 is 1.07 bits per heavy atom. The number of amides is 1. The predicted octanol–water partition coefficient (Wildman–Crippen LogP) is 3.54. The van der Waals surface area contributed by atoms with Crippen LogP contribution in [0, 0.1) is 10.1 Å². The first kappa shape index (κ1) is 17.9. The molecule has 2 heterocycles. The first-order chi connectivity index (χ1) is 13.6. The van der Waals surface area contributed by atoms with Crippen LogP contribution < -0.4 is 10.2 Å². The molecule has 0 atom stereocenters. The summed E-state index contributed by atoms with van der Waals surface area (Å²) in [5, 5.41) is 15.8. The number of carbonyl (C=O) groups is 1. The van der Waals surface area contributed by atoms with E-state index < -0.39 is 0 Å². The molecule has 4 rings (SSSR count). The summed E-state index contributed by atoms with van der Waals surface area (Å²) in [6, 6.07) is 14.5. The van der Waals surface area contributed by atoms with Crippen LogP contribution in [0.15, 0.2) is 60.9 Å². The van der Waals surface area contributed by atoms with E-state index in [1.54, 1.807) is 18.5 Å². The van der Waals surface area contributed by atoms with Crippen LogP contribution in [0.1, 0.15) is 23.2 Å². The van der Waals surface area contributed by atoms with Gasteiger partial charge >= 0.3 is 0 Å². The van der Waals surface area contributed by atoms with Crippen LogP contribution >= 0.6 is 0 Å². The lowest BCUT2D eigenvalue weighted by Crippen LogP contribution is -2.44. The van der Waals surface area contributed by atoms with Gasteiger partial charge in [0.2, 0.25) is 0 Å². The number of benzene rings is 2. The van der Waals surface area contributed by atoms with Crippen molar-refractivity contribution in [3.63, 3.8) is 0 Å². The zero-order valence-corrected chi connectivity index (χ0v) is 15.2. The van der Waals surface area contributed by atoms with E-state index in [4.69, 9.17) is 0 Å². The molecule has 3 aromatic rings. The van der Waals surface area contributed by atoms with Gasteiger partial charge in [0.25, 0.3) is 11.6 Å². The third-order valence-electron chi connectivity index (χ3n) is 5.18. The molecule has 1 aliphatic heterocycles. The number of hydrogen-bond donors (Lipinski definition) is 1. The van der Waals surface area contributed by atoms with E-state index in [0.717, 1.165) is 37.0 Å². The molecule has 0 saturated carbocycles. The molecule has 1 N–H and O–H groups in total. The van der Waals surface area contributed by atoms with E-state index in [1.807, 2.05) is 42.5 Å². The second-order valence-electron chi connectivity index (χ2n) is 6.88. The molecule has 142 valence electrons. The Hall–Kier alpha value is -3.48. The first-order valence-corrected chi connectivity index (χ1v) is 9.25. The van der Waals surface area contributed by atoms with E-state index in [2.05, 4.69) is 15.2 Å². The minimum Gasteiger partial charge on any atom is -0.371 e. The van der Waals surface area contributed by atoms with Crippen molar-refractivity contribution in [1.29, 1.82) is 0 Å². The molecule has 7 nitrogen and oxygen atoms in total. The summed E-state index contributed by atoms with van der Waals surface area (Å²) in [6.45, 7) is 1.55. The first-order valence-electron chi connectivity index (χ1n) is 9.25. The highest BCUT2D eigenvalue weighted by Gasteiger charge is 2.24. The predicted molar refractivity (Wildman–Crippen MR) is 108 cm³/mol. The molecule has 0 spiro atoms. The lowest BCUT2D eigenvalue weighted by atomic mass is 10.0. The topological polar surface area (TPSA) is 88.4 Å². The maximum absolute atomic E-state index is 12.3. The average molecular weight is 376 g/mol. The Kier molecular flexibility index (Phi) is 4.89. The number of nitro benzene ring substituents is 1. The van der Waals surface area contributed by atoms with Crippen molar-refractivity contribution in [1.82, 2.24) is 10.3 Å². The number of carbonyl (C=O) groups excluding carboxylic acids is 1. The van der Waals surface area contributed by atoms with Crippen LogP contribution in [0.5, 0.6) is 0 Å². The molecular formula is C21H20N4O3. The second-order valence-corrected chi connectivity index (χ2v) is 6.88. The van der Waals surface area contributed by atoms with Crippen molar-refractivity contribution in [2.45, 2.75) is 18.9 Å². The SMILES string of the molecule is O=C(NC1CCN(c2ccc([N+](=O)[O-])c3cnccc23)CC1)c1ccccc1. The summed E-state index contributed by atoms with van der Waals surface area (Å²) < 4.78 is 0. The van der Waals surface area contributed by atoms with Crippen molar-refractivity contribution < 1.29 is 9.72 Å². The largest absolute Gasteiger partial charge is 0.371 e. The number of anilines is 1. The number of nitrogens with one attached hydrogen (secondary N) is 1. The fourth-order valence-electron chi connectivity index (χ4n) is 3.72. The van der Waals surface area contributed by atoms with Crippen LogP contribution in [-0.4, -0.2) is 34.9 Å². The average Bonchev–Trinajstić information content (AvgIpc) is 2.74. The molecule has 1 amide bonds. The molecule has 7 heteroatoms. The molecule has 0 bridgehead atoms. The molecule has 1 aromatic heterocycles. The van der Waals surface area contributed by atoms with Crippen LogP contribution in [-0.2, 0) is 0 Å². The molecule has 28 heavy (non-hydrogen) atoms. The lowest BCUT2D eigenvalue weighted by Gasteiger charge is -2.34. The highest BCUT2D eigenvalue weighted by Crippen LogP contribution is 2.34. The van der Waals surface area contributed by atoms with Gasteiger partial charge < -0.3 is 10.2 Å². The van der Waals surface area contributed by atoms with E-state index in [1.165, 1.54) is 0 Å². The minimum absolute atomic E-state index is 0.0501. The smallest absolute Gasteiger partial charge is 0.278 e. The summed E-state index contributed by atoms with van der Waals surface area (Å²) >= 11 is 0. The van der Waals surface area contributed by atoms with Gasteiger partial charge in [0.05, 0.1) is 10.3 Å². The van der Waals surface area contributed by atoms with Gasteiger partial charge in [0.15, 0.2) is 0 Å². The molecule has 1 aliphatic rings. The molecule has 0 aliphatic carbocycles. The number of hydrogen-bond acceptors (Lipinski definition) is 5. The van der Waals surface area contributed by atoms with Crippen LogP contribution in [0.25, 0.3) is 10.8 Å². The summed E-state index contributed by atoms with van der Waals surface area (Å²) in [5.41, 5.74) is 1.70. The zero-order valence-electron chi connectivity index (χ0n) is 15.2. The monoisotopic (exact) mass is 376 g/mol. The number of pyridine rings is 1. The van der Waals surface area contributed by atoms with E-state index >= 15 is 0 Å². The maximum Gasteiger partial charge on any atom is 0.278 e. The Morgan fingerprint density at radius 2 is 1.82 bits per heavy atom. The Labute approximate surface area is 162 Å². The normalized spacial score (nSPS) is 14.8. The highest BCUT2D eigenvalue weighted by molar-refractivity contribution is 5.99. The van der Waals surface area contributed by atoms with Gasteiger partial charge in [-0.3, -0.25) is 19.9 Å². The van der Waals surface area contributed by atoms with Gasteiger partial charge in [-0.05, 0) is 37.1 Å². The summed E-state index contributed by atoms with van der Waals surface area (Å²) in [7, 11) is 0. The zero-order chi connectivity index (χ0) is 19.5. The number of aromatic nitrogens is 1. The number of rotatable bonds is 4. The standard InChI is InChI=1S/C21H20N4O3/c26-21(15-4-2-1-3-5-15)23-16-9-12-24(13-10-16)19-6-7-20(25(27)28)18-14-22-11-8-17(18)19/h1-8,11,14,16H,9-10,12-13H2,(H,23,26). The maximum atomic E-state index is 12.3. The number of piperidine rings is 1. The van der Waals surface area contributed by atoms with Crippen molar-refractivity contribution in [3.8, 4) is 0 Å². The van der Waals surface area contributed by atoms with Crippen molar-refractivity contribution >= 4 is 28.1 Å². The lowest BCUT2D eigenvalue weighted by molar-refractivity contribution is -0.383. The summed E-state index contributed by atoms with van der Waals surface area (Å²) in [5.74, 6) is -0.0501. The van der Waals surface area contributed by atoms with Crippen molar-refractivity contribution in [2.75, 3.05) is 18.0 Å². The second kappa shape index (κ2) is 7.64. The van der Waals surface area contributed by atoms with Gasteiger partial charge in [-0.2, -0.15) is 0 Å². The van der Waals surface area contributed by atoms with Gasteiger partial charge in [-0.1, -0.05) is 18.2 Å². The van der Waals surface area contributed by atoms with Crippen LogP contribution in [0.2, 0.25) is 0 Å². The van der Waals surface area contributed by atoms with Gasteiger partial charge in [0.1, 0.15) is 0 Å².